The fraction of sp³-hybridized carbons (Fsp3) is 0.0870. The zero-order valence-corrected chi connectivity index (χ0v) is 16.1. The lowest BCUT2D eigenvalue weighted by molar-refractivity contribution is -0.137. The molecule has 1 aromatic heterocycles. The van der Waals surface area contributed by atoms with Crippen LogP contribution in [-0.2, 0) is 16.1 Å². The Balaban J connectivity index is 1.73. The van der Waals surface area contributed by atoms with Gasteiger partial charge in [-0.25, -0.2) is 4.39 Å². The molecule has 0 unspecified atom stereocenters. The molecule has 0 spiro atoms. The van der Waals surface area contributed by atoms with Gasteiger partial charge >= 0.3 is 0 Å². The molecule has 1 aliphatic heterocycles. The number of methoxy groups -OCH3 is 1. The summed E-state index contributed by atoms with van der Waals surface area (Å²) < 4.78 is 18.4. The summed E-state index contributed by atoms with van der Waals surface area (Å²) in [4.78, 5) is 31.7. The number of hydrogen-bond donors (Lipinski definition) is 1. The number of halogens is 1. The number of pyridine rings is 1. The van der Waals surface area contributed by atoms with E-state index in [-0.39, 0.29) is 17.8 Å². The maximum atomic E-state index is 13.3. The SMILES string of the molecule is COc1ccc(C2=C(Nc3ccc(F)cc3)C(=O)N(Cc3ccccn3)C2=O)cc1. The number of benzene rings is 2. The lowest BCUT2D eigenvalue weighted by atomic mass is 10.0. The molecule has 1 N–H and O–H groups in total. The Morgan fingerprint density at radius 2 is 1.70 bits per heavy atom. The molecule has 1 aliphatic rings. The van der Waals surface area contributed by atoms with Gasteiger partial charge in [0.2, 0.25) is 0 Å². The fourth-order valence-electron chi connectivity index (χ4n) is 3.19. The number of nitrogens with zero attached hydrogens (tertiary/aromatic N) is 2. The van der Waals surface area contributed by atoms with Crippen molar-refractivity contribution in [2.75, 3.05) is 12.4 Å². The molecule has 0 fully saturated rings. The lowest BCUT2D eigenvalue weighted by Gasteiger charge is -2.14. The van der Waals surface area contributed by atoms with Gasteiger partial charge in [0.25, 0.3) is 11.8 Å². The van der Waals surface area contributed by atoms with Gasteiger partial charge in [-0.15, -0.1) is 0 Å². The number of rotatable bonds is 6. The minimum absolute atomic E-state index is 0.0484. The average molecular weight is 403 g/mol. The molecule has 0 bridgehead atoms. The molecule has 150 valence electrons. The molecule has 30 heavy (non-hydrogen) atoms. The van der Waals surface area contributed by atoms with Crippen molar-refractivity contribution in [1.29, 1.82) is 0 Å². The lowest BCUT2D eigenvalue weighted by Crippen LogP contribution is -2.32. The van der Waals surface area contributed by atoms with Gasteiger partial charge in [-0.1, -0.05) is 18.2 Å². The van der Waals surface area contributed by atoms with Crippen LogP contribution in [0.2, 0.25) is 0 Å². The van der Waals surface area contributed by atoms with Crippen molar-refractivity contribution < 1.29 is 18.7 Å². The minimum Gasteiger partial charge on any atom is -0.497 e. The topological polar surface area (TPSA) is 71.5 Å². The van der Waals surface area contributed by atoms with Crippen molar-refractivity contribution >= 4 is 23.1 Å². The predicted octanol–water partition coefficient (Wildman–Crippen LogP) is 3.62. The van der Waals surface area contributed by atoms with Crippen LogP contribution in [0.4, 0.5) is 10.1 Å². The van der Waals surface area contributed by atoms with E-state index in [2.05, 4.69) is 10.3 Å². The molecular weight excluding hydrogens is 385 g/mol. The molecule has 2 heterocycles. The van der Waals surface area contributed by atoms with Gasteiger partial charge in [0.15, 0.2) is 0 Å². The Kier molecular flexibility index (Phi) is 5.26. The maximum absolute atomic E-state index is 13.3. The van der Waals surface area contributed by atoms with Gasteiger partial charge in [0, 0.05) is 11.9 Å². The minimum atomic E-state index is -0.471. The highest BCUT2D eigenvalue weighted by Crippen LogP contribution is 2.32. The standard InChI is InChI=1S/C23H18FN3O3/c1-30-19-11-5-15(6-12-19)20-21(26-17-9-7-16(24)8-10-17)23(29)27(22(20)28)14-18-4-2-3-13-25-18/h2-13,26H,14H2,1H3. The maximum Gasteiger partial charge on any atom is 0.278 e. The third-order valence-corrected chi connectivity index (χ3v) is 4.71. The summed E-state index contributed by atoms with van der Waals surface area (Å²) >= 11 is 0. The molecule has 4 rings (SSSR count). The third-order valence-electron chi connectivity index (χ3n) is 4.71. The quantitative estimate of drug-likeness (QED) is 0.637. The number of anilines is 1. The highest BCUT2D eigenvalue weighted by atomic mass is 19.1. The smallest absolute Gasteiger partial charge is 0.278 e. The second kappa shape index (κ2) is 8.16. The van der Waals surface area contributed by atoms with E-state index in [1.54, 1.807) is 55.8 Å². The molecule has 0 radical (unpaired) electrons. The van der Waals surface area contributed by atoms with Crippen LogP contribution in [0, 0.1) is 5.82 Å². The van der Waals surface area contributed by atoms with Crippen LogP contribution in [0.5, 0.6) is 5.75 Å². The van der Waals surface area contributed by atoms with Crippen LogP contribution in [0.1, 0.15) is 11.3 Å². The van der Waals surface area contributed by atoms with Crippen LogP contribution < -0.4 is 10.1 Å². The van der Waals surface area contributed by atoms with Crippen molar-refractivity contribution in [2.24, 2.45) is 0 Å². The van der Waals surface area contributed by atoms with Crippen LogP contribution >= 0.6 is 0 Å². The molecule has 2 amide bonds. The van der Waals surface area contributed by atoms with E-state index in [0.29, 0.717) is 22.7 Å². The third kappa shape index (κ3) is 3.77. The van der Waals surface area contributed by atoms with E-state index in [1.165, 1.54) is 24.3 Å². The number of ether oxygens (including phenoxy) is 1. The van der Waals surface area contributed by atoms with E-state index >= 15 is 0 Å². The zero-order chi connectivity index (χ0) is 21.1. The van der Waals surface area contributed by atoms with Crippen LogP contribution in [0.3, 0.4) is 0 Å². The Morgan fingerprint density at radius 1 is 0.967 bits per heavy atom. The first-order chi connectivity index (χ1) is 14.6. The second-order valence-corrected chi connectivity index (χ2v) is 6.63. The van der Waals surface area contributed by atoms with Crippen LogP contribution in [0.15, 0.2) is 78.6 Å². The van der Waals surface area contributed by atoms with Crippen molar-refractivity contribution in [3.05, 3.63) is 95.7 Å². The summed E-state index contributed by atoms with van der Waals surface area (Å²) in [6.45, 7) is 0.0484. The fourth-order valence-corrected chi connectivity index (χ4v) is 3.19. The number of imide groups is 1. The first-order valence-corrected chi connectivity index (χ1v) is 9.24. The summed E-state index contributed by atoms with van der Waals surface area (Å²) in [5.41, 5.74) is 2.03. The average Bonchev–Trinajstić information content (AvgIpc) is 3.00. The molecule has 2 aromatic carbocycles. The second-order valence-electron chi connectivity index (χ2n) is 6.63. The Hall–Kier alpha value is -4.00. The van der Waals surface area contributed by atoms with E-state index in [1.807, 2.05) is 0 Å². The van der Waals surface area contributed by atoms with Crippen molar-refractivity contribution in [3.63, 3.8) is 0 Å². The molecular formula is C23H18FN3O3. The number of aromatic nitrogens is 1. The number of carbonyl (C=O) groups excluding carboxylic acids is 2. The Labute approximate surface area is 172 Å². The first-order valence-electron chi connectivity index (χ1n) is 9.24. The highest BCUT2D eigenvalue weighted by Gasteiger charge is 2.39. The number of amides is 2. The first kappa shape index (κ1) is 19.3. The van der Waals surface area contributed by atoms with Gasteiger partial charge in [-0.3, -0.25) is 19.5 Å². The Bertz CT molecular complexity index is 1110. The monoisotopic (exact) mass is 403 g/mol. The van der Waals surface area contributed by atoms with E-state index in [0.717, 1.165) is 4.90 Å². The van der Waals surface area contributed by atoms with Gasteiger partial charge in [-0.2, -0.15) is 0 Å². The summed E-state index contributed by atoms with van der Waals surface area (Å²) in [5, 5.41) is 2.99. The van der Waals surface area contributed by atoms with E-state index in [4.69, 9.17) is 4.74 Å². The van der Waals surface area contributed by atoms with Crippen LogP contribution in [0.25, 0.3) is 5.57 Å². The van der Waals surface area contributed by atoms with E-state index < -0.39 is 17.6 Å². The molecule has 6 nitrogen and oxygen atoms in total. The van der Waals surface area contributed by atoms with Gasteiger partial charge in [0.1, 0.15) is 17.3 Å². The molecule has 3 aromatic rings. The normalized spacial score (nSPS) is 13.7. The number of hydrogen-bond acceptors (Lipinski definition) is 5. The van der Waals surface area contributed by atoms with Crippen molar-refractivity contribution in [2.45, 2.75) is 6.54 Å². The molecule has 0 saturated heterocycles. The zero-order valence-electron chi connectivity index (χ0n) is 16.1. The highest BCUT2D eigenvalue weighted by molar-refractivity contribution is 6.36. The van der Waals surface area contributed by atoms with Crippen molar-refractivity contribution in [3.8, 4) is 5.75 Å². The summed E-state index contributed by atoms with van der Waals surface area (Å²) in [5.74, 6) is -0.661. The molecule has 0 atom stereocenters. The number of carbonyl (C=O) groups is 2. The Morgan fingerprint density at radius 3 is 2.33 bits per heavy atom. The summed E-state index contributed by atoms with van der Waals surface area (Å²) in [6.07, 6.45) is 1.61. The largest absolute Gasteiger partial charge is 0.497 e. The molecule has 7 heteroatoms. The van der Waals surface area contributed by atoms with Gasteiger partial charge in [-0.05, 0) is 54.1 Å². The number of nitrogens with one attached hydrogen (secondary N) is 1. The predicted molar refractivity (Wildman–Crippen MR) is 110 cm³/mol. The van der Waals surface area contributed by atoms with Gasteiger partial charge < -0.3 is 10.1 Å². The van der Waals surface area contributed by atoms with Crippen molar-refractivity contribution in [1.82, 2.24) is 9.88 Å². The molecule has 0 aliphatic carbocycles. The summed E-state index contributed by atoms with van der Waals surface area (Å²) in [6, 6.07) is 17.8. The summed E-state index contributed by atoms with van der Waals surface area (Å²) in [7, 11) is 1.55. The van der Waals surface area contributed by atoms with Gasteiger partial charge in [0.05, 0.1) is 24.9 Å². The van der Waals surface area contributed by atoms with Crippen LogP contribution in [-0.4, -0.2) is 28.8 Å². The molecule has 0 saturated carbocycles. The van der Waals surface area contributed by atoms with E-state index in [9.17, 15) is 14.0 Å².